The number of aromatic nitrogens is 2. The number of methoxy groups -OCH3 is 1. The van der Waals surface area contributed by atoms with E-state index in [0.29, 0.717) is 30.2 Å². The molecule has 2 aromatic carbocycles. The van der Waals surface area contributed by atoms with E-state index in [1.165, 1.54) is 5.56 Å². The number of amides is 1. The third-order valence-electron chi connectivity index (χ3n) is 5.68. The van der Waals surface area contributed by atoms with Crippen molar-refractivity contribution in [3.63, 3.8) is 0 Å². The van der Waals surface area contributed by atoms with Crippen molar-refractivity contribution >= 4 is 11.7 Å². The molecule has 1 N–H and O–H groups in total. The first-order chi connectivity index (χ1) is 17.6. The predicted octanol–water partition coefficient (Wildman–Crippen LogP) is 4.60. The molecule has 8 heteroatoms. The van der Waals surface area contributed by atoms with Gasteiger partial charge >= 0.3 is 0 Å². The van der Waals surface area contributed by atoms with Crippen LogP contribution in [0.5, 0.6) is 0 Å². The van der Waals surface area contributed by atoms with E-state index >= 15 is 0 Å². The van der Waals surface area contributed by atoms with Gasteiger partial charge in [0.25, 0.3) is 5.91 Å². The number of carbonyl (C=O) groups excluding carboxylic acids is 1. The van der Waals surface area contributed by atoms with Crippen molar-refractivity contribution in [1.29, 1.82) is 5.26 Å². The van der Waals surface area contributed by atoms with Crippen LogP contribution in [0.1, 0.15) is 48.2 Å². The van der Waals surface area contributed by atoms with Gasteiger partial charge in [0.2, 0.25) is 5.82 Å². The van der Waals surface area contributed by atoms with Crippen LogP contribution in [0.4, 0.5) is 5.82 Å². The molecular formula is C29H36N6O2. The smallest absolute Gasteiger partial charge is 0.269 e. The summed E-state index contributed by atoms with van der Waals surface area (Å²) < 4.78 is 5.20. The second-order valence-corrected chi connectivity index (χ2v) is 10.4. The van der Waals surface area contributed by atoms with Crippen molar-refractivity contribution in [2.24, 2.45) is 5.41 Å². The van der Waals surface area contributed by atoms with Crippen LogP contribution in [0.15, 0.2) is 54.6 Å². The largest absolute Gasteiger partial charge is 0.383 e. The van der Waals surface area contributed by atoms with E-state index in [2.05, 4.69) is 60.2 Å². The van der Waals surface area contributed by atoms with E-state index < -0.39 is 0 Å². The Kier molecular flexibility index (Phi) is 9.34. The summed E-state index contributed by atoms with van der Waals surface area (Å²) in [5.41, 5.74) is 7.42. The highest BCUT2D eigenvalue weighted by atomic mass is 16.5. The molecule has 0 saturated heterocycles. The van der Waals surface area contributed by atoms with Crippen molar-refractivity contribution in [1.82, 2.24) is 20.3 Å². The highest BCUT2D eigenvalue weighted by Crippen LogP contribution is 2.25. The van der Waals surface area contributed by atoms with Crippen LogP contribution in [-0.4, -0.2) is 54.6 Å². The van der Waals surface area contributed by atoms with E-state index in [-0.39, 0.29) is 17.1 Å². The zero-order valence-electron chi connectivity index (χ0n) is 22.6. The lowest BCUT2D eigenvalue weighted by Gasteiger charge is -2.31. The Morgan fingerprint density at radius 2 is 1.81 bits per heavy atom. The van der Waals surface area contributed by atoms with Gasteiger partial charge in [-0.25, -0.2) is 4.98 Å². The van der Waals surface area contributed by atoms with Crippen LogP contribution < -0.4 is 10.4 Å². The van der Waals surface area contributed by atoms with Gasteiger partial charge in [-0.15, -0.1) is 0 Å². The lowest BCUT2D eigenvalue weighted by Crippen LogP contribution is -2.47. The lowest BCUT2D eigenvalue weighted by molar-refractivity contribution is 0.0945. The van der Waals surface area contributed by atoms with Gasteiger partial charge in [0, 0.05) is 44.1 Å². The Balaban J connectivity index is 1.81. The topological polar surface area (TPSA) is 94.4 Å². The monoisotopic (exact) mass is 500 g/mol. The zero-order valence-corrected chi connectivity index (χ0v) is 22.6. The number of ether oxygens (including phenoxy) is 1. The number of anilines is 1. The molecule has 0 aliphatic heterocycles. The van der Waals surface area contributed by atoms with Crippen molar-refractivity contribution in [2.45, 2.75) is 34.2 Å². The Morgan fingerprint density at radius 1 is 1.11 bits per heavy atom. The fourth-order valence-electron chi connectivity index (χ4n) is 3.94. The highest BCUT2D eigenvalue weighted by molar-refractivity contribution is 5.95. The minimum atomic E-state index is -0.252. The number of likely N-dealkylation sites (N-methyl/N-ethyl adjacent to an activating group) is 1. The number of hydrogen-bond donors (Lipinski definition) is 1. The summed E-state index contributed by atoms with van der Waals surface area (Å²) in [5, 5.41) is 11.0. The van der Waals surface area contributed by atoms with Crippen LogP contribution in [0.2, 0.25) is 0 Å². The maximum absolute atomic E-state index is 13.2. The fraction of sp³-hybridized carbons (Fsp3) is 0.379. The van der Waals surface area contributed by atoms with Crippen LogP contribution in [0, 0.1) is 23.7 Å². The van der Waals surface area contributed by atoms with Gasteiger partial charge in [-0.3, -0.25) is 20.1 Å². The Hall–Kier alpha value is -3.80. The van der Waals surface area contributed by atoms with E-state index in [1.54, 1.807) is 25.1 Å². The van der Waals surface area contributed by atoms with Gasteiger partial charge in [0.1, 0.15) is 6.07 Å². The average molecular weight is 501 g/mol. The molecule has 0 atom stereocenters. The number of hydrazine groups is 1. The summed E-state index contributed by atoms with van der Waals surface area (Å²) in [6, 6.07) is 19.7. The minimum Gasteiger partial charge on any atom is -0.383 e. The van der Waals surface area contributed by atoms with Gasteiger partial charge in [-0.05, 0) is 48.2 Å². The number of hydrogen-bond acceptors (Lipinski definition) is 7. The number of nitriles is 1. The van der Waals surface area contributed by atoms with Crippen LogP contribution in [0.3, 0.4) is 0 Å². The van der Waals surface area contributed by atoms with Gasteiger partial charge in [-0.2, -0.15) is 10.2 Å². The Bertz CT molecular complexity index is 1240. The first-order valence-corrected chi connectivity index (χ1v) is 12.3. The highest BCUT2D eigenvalue weighted by Gasteiger charge is 2.21. The number of benzene rings is 2. The first-order valence-electron chi connectivity index (χ1n) is 12.3. The third kappa shape index (κ3) is 8.10. The number of nitrogens with zero attached hydrogens (tertiary/aromatic N) is 5. The predicted molar refractivity (Wildman–Crippen MR) is 146 cm³/mol. The third-order valence-corrected chi connectivity index (χ3v) is 5.68. The molecule has 1 heterocycles. The number of carbonyl (C=O) groups is 1. The molecule has 0 unspecified atom stereocenters. The lowest BCUT2D eigenvalue weighted by atomic mass is 9.96. The quantitative estimate of drug-likeness (QED) is 0.407. The van der Waals surface area contributed by atoms with Gasteiger partial charge in [-0.1, -0.05) is 57.2 Å². The van der Waals surface area contributed by atoms with Crippen molar-refractivity contribution < 1.29 is 9.53 Å². The molecule has 0 fully saturated rings. The molecule has 1 amide bonds. The minimum absolute atomic E-state index is 0.0686. The Morgan fingerprint density at radius 3 is 2.46 bits per heavy atom. The first kappa shape index (κ1) is 27.8. The Labute approximate surface area is 219 Å². The number of rotatable bonds is 10. The molecule has 0 bridgehead atoms. The average Bonchev–Trinajstić information content (AvgIpc) is 2.86. The molecule has 0 aliphatic rings. The summed E-state index contributed by atoms with van der Waals surface area (Å²) in [5.74, 6) is 0.299. The molecule has 0 spiro atoms. The number of nitrogens with one attached hydrogen (secondary N) is 1. The molecule has 0 radical (unpaired) electrons. The SMILES string of the molecule is COCCN(C)Cc1ccccc1-c1ccc(C(=O)NN(CC(C)(C)C)c2cc(C)nc(C#N)n2)cc1. The standard InChI is InChI=1S/C29H36N6O2/c1-21-17-27(32-26(18-30)31-21)35(20-29(2,3)4)33-28(36)23-13-11-22(12-14-23)25-10-8-7-9-24(25)19-34(5)15-16-37-6/h7-14,17H,15-16,19-20H2,1-6H3,(H,33,36). The van der Waals surface area contributed by atoms with E-state index in [1.807, 2.05) is 42.5 Å². The zero-order chi connectivity index (χ0) is 27.0. The molecule has 1 aromatic heterocycles. The van der Waals surface area contributed by atoms with Crippen molar-refractivity contribution in [3.8, 4) is 17.2 Å². The summed E-state index contributed by atoms with van der Waals surface area (Å²) in [6.07, 6.45) is 0. The molecule has 3 aromatic rings. The van der Waals surface area contributed by atoms with E-state index in [4.69, 9.17) is 4.74 Å². The molecule has 0 aliphatic carbocycles. The second kappa shape index (κ2) is 12.4. The summed E-state index contributed by atoms with van der Waals surface area (Å²) in [6.45, 7) is 10.8. The van der Waals surface area contributed by atoms with Crippen LogP contribution in [-0.2, 0) is 11.3 Å². The van der Waals surface area contributed by atoms with Gasteiger partial charge in [0.15, 0.2) is 5.82 Å². The summed E-state index contributed by atoms with van der Waals surface area (Å²) in [4.78, 5) is 23.9. The van der Waals surface area contributed by atoms with E-state index in [9.17, 15) is 10.1 Å². The second-order valence-electron chi connectivity index (χ2n) is 10.4. The fourth-order valence-corrected chi connectivity index (χ4v) is 3.94. The van der Waals surface area contributed by atoms with Crippen LogP contribution >= 0.6 is 0 Å². The maximum Gasteiger partial charge on any atom is 0.269 e. The van der Waals surface area contributed by atoms with E-state index in [0.717, 1.165) is 24.2 Å². The molecule has 194 valence electrons. The van der Waals surface area contributed by atoms with Crippen molar-refractivity contribution in [2.75, 3.05) is 38.9 Å². The maximum atomic E-state index is 13.2. The molecule has 8 nitrogen and oxygen atoms in total. The molecule has 0 saturated carbocycles. The molecular weight excluding hydrogens is 464 g/mol. The molecule has 37 heavy (non-hydrogen) atoms. The molecule has 3 rings (SSSR count). The van der Waals surface area contributed by atoms with Crippen LogP contribution in [0.25, 0.3) is 11.1 Å². The summed E-state index contributed by atoms with van der Waals surface area (Å²) >= 11 is 0. The van der Waals surface area contributed by atoms with Gasteiger partial charge in [0.05, 0.1) is 6.61 Å². The van der Waals surface area contributed by atoms with Gasteiger partial charge < -0.3 is 4.74 Å². The summed E-state index contributed by atoms with van der Waals surface area (Å²) in [7, 11) is 3.78. The normalized spacial score (nSPS) is 11.3. The number of aryl methyl sites for hydroxylation is 1. The van der Waals surface area contributed by atoms with Crippen molar-refractivity contribution in [3.05, 3.63) is 77.2 Å².